The summed E-state index contributed by atoms with van der Waals surface area (Å²) < 4.78 is 5.62. The molecule has 0 N–H and O–H groups in total. The van der Waals surface area contributed by atoms with Crippen LogP contribution in [0.2, 0.25) is 0 Å². The Morgan fingerprint density at radius 3 is 2.74 bits per heavy atom. The van der Waals surface area contributed by atoms with Crippen molar-refractivity contribution < 1.29 is 4.52 Å². The molecule has 0 aromatic rings. The predicted octanol–water partition coefficient (Wildman–Crippen LogP) is 6.07. The SMILES string of the molecule is CC=C1CC[C@H]2[C@@H]3CC[C@@H]4C[C@H](OP)CC[C@]4(C)C3=CC[C@]12C. The standard InChI is InChI=1S/C21H33OP/c1-4-14-6-8-18-17-7-5-15-13-16(22-23)9-11-21(15,3)19(17)10-12-20(14,18)2/h4,10,15-18H,5-9,11-13,23H2,1-3H3/t15-,16-,17+,18+,20-,21+/m1/s1. The van der Waals surface area contributed by atoms with E-state index in [4.69, 9.17) is 4.52 Å². The first-order chi connectivity index (χ1) is 11.0. The van der Waals surface area contributed by atoms with E-state index >= 15 is 0 Å². The van der Waals surface area contributed by atoms with Crippen LogP contribution in [0.25, 0.3) is 0 Å². The van der Waals surface area contributed by atoms with Crippen LogP contribution < -0.4 is 0 Å². The third-order valence-electron chi connectivity index (χ3n) is 8.37. The lowest BCUT2D eigenvalue weighted by Gasteiger charge is -2.56. The lowest BCUT2D eigenvalue weighted by molar-refractivity contribution is 0.00992. The highest BCUT2D eigenvalue weighted by molar-refractivity contribution is 7.09. The van der Waals surface area contributed by atoms with Gasteiger partial charge in [0.25, 0.3) is 0 Å². The molecule has 3 fully saturated rings. The van der Waals surface area contributed by atoms with Crippen LogP contribution in [-0.4, -0.2) is 6.10 Å². The molecule has 0 radical (unpaired) electrons. The van der Waals surface area contributed by atoms with Crippen LogP contribution in [0.3, 0.4) is 0 Å². The highest BCUT2D eigenvalue weighted by Gasteiger charge is 2.55. The molecule has 128 valence electrons. The van der Waals surface area contributed by atoms with E-state index < -0.39 is 0 Å². The van der Waals surface area contributed by atoms with Crippen molar-refractivity contribution in [2.75, 3.05) is 0 Å². The van der Waals surface area contributed by atoms with Crippen LogP contribution in [0.4, 0.5) is 0 Å². The number of fused-ring (bicyclic) bond motifs is 5. The molecular formula is C21H33OP. The Kier molecular flexibility index (Phi) is 4.05. The summed E-state index contributed by atoms with van der Waals surface area (Å²) >= 11 is 0. The van der Waals surface area contributed by atoms with Gasteiger partial charge in [-0.2, -0.15) is 0 Å². The largest absolute Gasteiger partial charge is 0.362 e. The number of hydrogen-bond acceptors (Lipinski definition) is 1. The number of rotatable bonds is 1. The van der Waals surface area contributed by atoms with Crippen LogP contribution in [0.1, 0.15) is 72.1 Å². The minimum Gasteiger partial charge on any atom is -0.362 e. The molecule has 2 heteroatoms. The Morgan fingerprint density at radius 1 is 1.17 bits per heavy atom. The van der Waals surface area contributed by atoms with Gasteiger partial charge < -0.3 is 4.52 Å². The van der Waals surface area contributed by atoms with E-state index in [1.54, 1.807) is 5.57 Å². The van der Waals surface area contributed by atoms with Crippen molar-refractivity contribution >= 4 is 9.47 Å². The molecule has 4 aliphatic rings. The van der Waals surface area contributed by atoms with Gasteiger partial charge in [0.15, 0.2) is 0 Å². The van der Waals surface area contributed by atoms with Gasteiger partial charge in [0.2, 0.25) is 0 Å². The molecule has 1 nitrogen and oxygen atoms in total. The fraction of sp³-hybridized carbons (Fsp3) is 0.810. The number of hydrogen-bond donors (Lipinski definition) is 0. The van der Waals surface area contributed by atoms with Gasteiger partial charge in [-0.05, 0) is 86.9 Å². The molecule has 0 saturated heterocycles. The monoisotopic (exact) mass is 332 g/mol. The topological polar surface area (TPSA) is 9.23 Å². The molecule has 0 amide bonds. The van der Waals surface area contributed by atoms with Gasteiger partial charge in [-0.25, -0.2) is 0 Å². The maximum Gasteiger partial charge on any atom is 0.0614 e. The fourth-order valence-electron chi connectivity index (χ4n) is 6.94. The van der Waals surface area contributed by atoms with Crippen LogP contribution in [0.15, 0.2) is 23.3 Å². The summed E-state index contributed by atoms with van der Waals surface area (Å²) in [5.74, 6) is 2.61. The second-order valence-corrected chi connectivity index (χ2v) is 9.34. The molecule has 3 saturated carbocycles. The predicted molar refractivity (Wildman–Crippen MR) is 100 cm³/mol. The maximum absolute atomic E-state index is 5.62. The van der Waals surface area contributed by atoms with E-state index in [2.05, 4.69) is 42.4 Å². The van der Waals surface area contributed by atoms with Crippen molar-refractivity contribution in [1.29, 1.82) is 0 Å². The van der Waals surface area contributed by atoms with Gasteiger partial charge in [0.1, 0.15) is 0 Å². The highest BCUT2D eigenvalue weighted by Crippen LogP contribution is 2.65. The van der Waals surface area contributed by atoms with Crippen LogP contribution >= 0.6 is 9.47 Å². The third kappa shape index (κ3) is 2.26. The molecule has 0 aliphatic heterocycles. The Bertz CT molecular complexity index is 550. The molecular weight excluding hydrogens is 299 g/mol. The Hall–Kier alpha value is -0.130. The van der Waals surface area contributed by atoms with E-state index in [0.29, 0.717) is 16.9 Å². The van der Waals surface area contributed by atoms with E-state index in [0.717, 1.165) is 17.8 Å². The first-order valence-electron chi connectivity index (χ1n) is 9.74. The summed E-state index contributed by atoms with van der Waals surface area (Å²) in [6.45, 7) is 7.40. The Balaban J connectivity index is 1.67. The highest BCUT2D eigenvalue weighted by atomic mass is 31.0. The summed E-state index contributed by atoms with van der Waals surface area (Å²) in [4.78, 5) is 0. The van der Waals surface area contributed by atoms with Crippen LogP contribution in [0.5, 0.6) is 0 Å². The summed E-state index contributed by atoms with van der Waals surface area (Å²) in [6.07, 6.45) is 16.3. The van der Waals surface area contributed by atoms with Crippen molar-refractivity contribution in [2.24, 2.45) is 28.6 Å². The smallest absolute Gasteiger partial charge is 0.0614 e. The summed E-state index contributed by atoms with van der Waals surface area (Å²) in [7, 11) is 2.50. The maximum atomic E-state index is 5.62. The lowest BCUT2D eigenvalue weighted by Crippen LogP contribution is -2.47. The molecule has 1 unspecified atom stereocenters. The van der Waals surface area contributed by atoms with Crippen molar-refractivity contribution in [2.45, 2.75) is 78.2 Å². The van der Waals surface area contributed by atoms with E-state index in [1.165, 1.54) is 51.4 Å². The average molecular weight is 332 g/mol. The zero-order chi connectivity index (χ0) is 16.2. The van der Waals surface area contributed by atoms with Gasteiger partial charge in [-0.1, -0.05) is 37.1 Å². The zero-order valence-corrected chi connectivity index (χ0v) is 16.3. The molecule has 7 atom stereocenters. The second-order valence-electron chi connectivity index (χ2n) is 9.07. The van der Waals surface area contributed by atoms with Gasteiger partial charge in [-0.3, -0.25) is 0 Å². The summed E-state index contributed by atoms with van der Waals surface area (Å²) in [5.41, 5.74) is 4.52. The molecule has 0 bridgehead atoms. The zero-order valence-electron chi connectivity index (χ0n) is 15.1. The molecule has 0 spiro atoms. The van der Waals surface area contributed by atoms with Crippen LogP contribution in [-0.2, 0) is 4.52 Å². The van der Waals surface area contributed by atoms with Gasteiger partial charge in [0, 0.05) is 9.47 Å². The Morgan fingerprint density at radius 2 is 2.00 bits per heavy atom. The first kappa shape index (κ1) is 16.3. The minimum absolute atomic E-state index is 0.461. The van der Waals surface area contributed by atoms with E-state index in [9.17, 15) is 0 Å². The average Bonchev–Trinajstić information content (AvgIpc) is 2.90. The van der Waals surface area contributed by atoms with Crippen molar-refractivity contribution in [3.63, 3.8) is 0 Å². The van der Waals surface area contributed by atoms with Crippen LogP contribution in [0, 0.1) is 28.6 Å². The first-order valence-corrected chi connectivity index (χ1v) is 10.2. The minimum atomic E-state index is 0.461. The van der Waals surface area contributed by atoms with E-state index in [-0.39, 0.29) is 0 Å². The molecule has 0 aromatic heterocycles. The van der Waals surface area contributed by atoms with Crippen molar-refractivity contribution in [3.05, 3.63) is 23.3 Å². The summed E-state index contributed by atoms with van der Waals surface area (Å²) in [5, 5.41) is 0. The Labute approximate surface area is 144 Å². The normalized spacial score (nSPS) is 51.0. The number of allylic oxidation sites excluding steroid dienone is 4. The van der Waals surface area contributed by atoms with Crippen molar-refractivity contribution in [3.8, 4) is 0 Å². The van der Waals surface area contributed by atoms with E-state index in [1.807, 2.05) is 5.57 Å². The fourth-order valence-corrected chi connectivity index (χ4v) is 7.19. The molecule has 4 aliphatic carbocycles. The second kappa shape index (κ2) is 5.70. The summed E-state index contributed by atoms with van der Waals surface area (Å²) in [6, 6.07) is 0. The lowest BCUT2D eigenvalue weighted by atomic mass is 9.49. The quantitative estimate of drug-likeness (QED) is 0.418. The molecule has 4 rings (SSSR count). The molecule has 23 heavy (non-hydrogen) atoms. The van der Waals surface area contributed by atoms with Gasteiger partial charge in [-0.15, -0.1) is 0 Å². The molecule has 0 heterocycles. The van der Waals surface area contributed by atoms with Gasteiger partial charge in [0.05, 0.1) is 6.10 Å². The van der Waals surface area contributed by atoms with Crippen molar-refractivity contribution in [1.82, 2.24) is 0 Å². The van der Waals surface area contributed by atoms with Gasteiger partial charge >= 0.3 is 0 Å². The third-order valence-corrected chi connectivity index (χ3v) is 8.75. The molecule has 0 aromatic carbocycles.